The standard InChI is InChI=1S/C19H36OSi/c1-13(2)21(14(3)4,15(5)6)18-11-17-9-8-10-19(17,12-18)16(7)20/h13-15,17-18H,8-12H2,1-7H3/t17-,18+,19+/m0/s1. The number of hydrogen-bond donors (Lipinski definition) is 0. The second kappa shape index (κ2) is 5.83. The lowest BCUT2D eigenvalue weighted by Crippen LogP contribution is -2.48. The van der Waals surface area contributed by atoms with Gasteiger partial charge < -0.3 is 0 Å². The zero-order chi connectivity index (χ0) is 16.0. The van der Waals surface area contributed by atoms with Crippen LogP contribution in [0.2, 0.25) is 22.2 Å². The molecule has 0 heterocycles. The predicted octanol–water partition coefficient (Wildman–Crippen LogP) is 6.20. The summed E-state index contributed by atoms with van der Waals surface area (Å²) in [6.45, 7) is 16.7. The molecule has 2 aliphatic rings. The Morgan fingerprint density at radius 1 is 1.05 bits per heavy atom. The molecule has 2 saturated carbocycles. The van der Waals surface area contributed by atoms with Crippen LogP contribution in [0.5, 0.6) is 0 Å². The fourth-order valence-electron chi connectivity index (χ4n) is 7.03. The van der Waals surface area contributed by atoms with Crippen LogP contribution in [0.25, 0.3) is 0 Å². The molecule has 0 unspecified atom stereocenters. The van der Waals surface area contributed by atoms with Crippen molar-refractivity contribution in [1.29, 1.82) is 0 Å². The van der Waals surface area contributed by atoms with Crippen LogP contribution in [0.15, 0.2) is 0 Å². The van der Waals surface area contributed by atoms with E-state index < -0.39 is 8.07 Å². The lowest BCUT2D eigenvalue weighted by molar-refractivity contribution is -0.127. The Kier molecular flexibility index (Phi) is 4.79. The number of carbonyl (C=O) groups excluding carboxylic acids is 1. The molecule has 2 fully saturated rings. The van der Waals surface area contributed by atoms with Gasteiger partial charge in [0, 0.05) is 5.41 Å². The molecule has 0 spiro atoms. The molecular formula is C19H36OSi. The van der Waals surface area contributed by atoms with E-state index in [1.165, 1.54) is 32.1 Å². The first-order valence-electron chi connectivity index (χ1n) is 9.20. The highest BCUT2D eigenvalue weighted by atomic mass is 28.3. The van der Waals surface area contributed by atoms with Gasteiger partial charge in [0.25, 0.3) is 0 Å². The lowest BCUT2D eigenvalue weighted by atomic mass is 9.77. The number of carbonyl (C=O) groups is 1. The number of hydrogen-bond acceptors (Lipinski definition) is 1. The number of Topliss-reactive ketones (excluding diaryl/α,β-unsaturated/α-hetero) is 1. The van der Waals surface area contributed by atoms with Crippen LogP contribution in [0.1, 0.15) is 80.6 Å². The van der Waals surface area contributed by atoms with Gasteiger partial charge in [-0.15, -0.1) is 0 Å². The Bertz CT molecular complexity index is 377. The predicted molar refractivity (Wildman–Crippen MR) is 94.5 cm³/mol. The summed E-state index contributed by atoms with van der Waals surface area (Å²) in [4.78, 5) is 12.4. The van der Waals surface area contributed by atoms with E-state index in [1.807, 2.05) is 6.92 Å². The lowest BCUT2D eigenvalue weighted by Gasteiger charge is -2.48. The minimum absolute atomic E-state index is 0.0849. The summed E-state index contributed by atoms with van der Waals surface area (Å²) in [5.74, 6) is 1.22. The average molecular weight is 309 g/mol. The van der Waals surface area contributed by atoms with Gasteiger partial charge in [-0.05, 0) is 44.1 Å². The minimum atomic E-state index is -1.41. The second-order valence-electron chi connectivity index (χ2n) is 8.90. The molecular weight excluding hydrogens is 272 g/mol. The topological polar surface area (TPSA) is 17.1 Å². The third-order valence-electron chi connectivity index (χ3n) is 7.54. The van der Waals surface area contributed by atoms with Gasteiger partial charge in [-0.25, -0.2) is 0 Å². The summed E-state index contributed by atoms with van der Waals surface area (Å²) in [5.41, 5.74) is 3.43. The van der Waals surface area contributed by atoms with Crippen molar-refractivity contribution in [3.8, 4) is 0 Å². The Morgan fingerprint density at radius 2 is 1.57 bits per heavy atom. The first kappa shape index (κ1) is 17.2. The maximum atomic E-state index is 12.4. The molecule has 2 aliphatic carbocycles. The third kappa shape index (κ3) is 2.36. The van der Waals surface area contributed by atoms with Crippen LogP contribution in [0, 0.1) is 11.3 Å². The van der Waals surface area contributed by atoms with Gasteiger partial charge in [0.1, 0.15) is 5.78 Å². The van der Waals surface area contributed by atoms with E-state index in [4.69, 9.17) is 0 Å². The Hall–Kier alpha value is -0.113. The van der Waals surface area contributed by atoms with E-state index in [0.29, 0.717) is 11.7 Å². The molecule has 0 bridgehead atoms. The van der Waals surface area contributed by atoms with E-state index >= 15 is 0 Å². The van der Waals surface area contributed by atoms with Crippen molar-refractivity contribution in [1.82, 2.24) is 0 Å². The van der Waals surface area contributed by atoms with E-state index in [-0.39, 0.29) is 5.41 Å². The van der Waals surface area contributed by atoms with Gasteiger partial charge in [0.05, 0.1) is 8.07 Å². The number of rotatable bonds is 5. The van der Waals surface area contributed by atoms with Crippen LogP contribution >= 0.6 is 0 Å². The van der Waals surface area contributed by atoms with Crippen molar-refractivity contribution in [2.75, 3.05) is 0 Å². The van der Waals surface area contributed by atoms with Crippen molar-refractivity contribution in [3.05, 3.63) is 0 Å². The molecule has 3 atom stereocenters. The molecule has 0 aromatic carbocycles. The Balaban J connectivity index is 2.39. The summed E-state index contributed by atoms with van der Waals surface area (Å²) in [6.07, 6.45) is 6.38. The van der Waals surface area contributed by atoms with E-state index in [9.17, 15) is 4.79 Å². The molecule has 2 heteroatoms. The molecule has 1 nitrogen and oxygen atoms in total. The summed E-state index contributed by atoms with van der Waals surface area (Å²) < 4.78 is 0. The van der Waals surface area contributed by atoms with Crippen LogP contribution in [-0.2, 0) is 4.79 Å². The van der Waals surface area contributed by atoms with Gasteiger partial charge >= 0.3 is 0 Å². The maximum Gasteiger partial charge on any atom is 0.136 e. The van der Waals surface area contributed by atoms with E-state index in [1.54, 1.807) is 0 Å². The molecule has 122 valence electrons. The fraction of sp³-hybridized carbons (Fsp3) is 0.947. The number of fused-ring (bicyclic) bond motifs is 1. The molecule has 0 aliphatic heterocycles. The van der Waals surface area contributed by atoms with Crippen molar-refractivity contribution in [3.63, 3.8) is 0 Å². The Morgan fingerprint density at radius 3 is 1.95 bits per heavy atom. The molecule has 2 rings (SSSR count). The van der Waals surface area contributed by atoms with Crippen molar-refractivity contribution in [2.24, 2.45) is 11.3 Å². The van der Waals surface area contributed by atoms with Crippen LogP contribution in [-0.4, -0.2) is 13.9 Å². The molecule has 21 heavy (non-hydrogen) atoms. The second-order valence-corrected chi connectivity index (χ2v) is 15.2. The molecule has 0 radical (unpaired) electrons. The summed E-state index contributed by atoms with van der Waals surface area (Å²) in [7, 11) is -1.41. The fourth-order valence-corrected chi connectivity index (χ4v) is 15.3. The summed E-state index contributed by atoms with van der Waals surface area (Å²) >= 11 is 0. The average Bonchev–Trinajstić information content (AvgIpc) is 2.85. The molecule has 0 N–H and O–H groups in total. The minimum Gasteiger partial charge on any atom is -0.299 e. The summed E-state index contributed by atoms with van der Waals surface area (Å²) in [6, 6.07) is 0. The molecule has 0 aromatic heterocycles. The van der Waals surface area contributed by atoms with Gasteiger partial charge in [-0.2, -0.15) is 0 Å². The summed E-state index contributed by atoms with van der Waals surface area (Å²) in [5, 5.41) is 0. The highest BCUT2D eigenvalue weighted by Crippen LogP contribution is 2.65. The van der Waals surface area contributed by atoms with Crippen molar-refractivity contribution in [2.45, 2.75) is 103 Å². The maximum absolute atomic E-state index is 12.4. The first-order chi connectivity index (χ1) is 9.69. The van der Waals surface area contributed by atoms with E-state index in [2.05, 4.69) is 41.5 Å². The largest absolute Gasteiger partial charge is 0.299 e. The van der Waals surface area contributed by atoms with Crippen molar-refractivity contribution < 1.29 is 4.79 Å². The van der Waals surface area contributed by atoms with Crippen LogP contribution in [0.3, 0.4) is 0 Å². The zero-order valence-electron chi connectivity index (χ0n) is 15.3. The monoisotopic (exact) mass is 308 g/mol. The van der Waals surface area contributed by atoms with Crippen LogP contribution in [0.4, 0.5) is 0 Å². The van der Waals surface area contributed by atoms with Gasteiger partial charge in [0.15, 0.2) is 0 Å². The molecule has 0 saturated heterocycles. The SMILES string of the molecule is CC(=O)[C@]12CCC[C@H]1C[C@@H]([Si](C(C)C)(C(C)C)C(C)C)C2. The van der Waals surface area contributed by atoms with E-state index in [0.717, 1.165) is 22.2 Å². The smallest absolute Gasteiger partial charge is 0.136 e. The van der Waals surface area contributed by atoms with Gasteiger partial charge in [-0.3, -0.25) is 4.79 Å². The van der Waals surface area contributed by atoms with Crippen molar-refractivity contribution >= 4 is 13.9 Å². The number of ketones is 1. The van der Waals surface area contributed by atoms with Gasteiger partial charge in [-0.1, -0.05) is 64.6 Å². The normalized spacial score (nSPS) is 33.2. The first-order valence-corrected chi connectivity index (χ1v) is 11.5. The molecule has 0 aromatic rings. The zero-order valence-corrected chi connectivity index (χ0v) is 16.3. The highest BCUT2D eigenvalue weighted by Gasteiger charge is 2.60. The van der Waals surface area contributed by atoms with Crippen LogP contribution < -0.4 is 0 Å². The Labute approximate surface area is 133 Å². The third-order valence-corrected chi connectivity index (χ3v) is 15.4. The molecule has 0 amide bonds. The quantitative estimate of drug-likeness (QED) is 0.552. The van der Waals surface area contributed by atoms with Gasteiger partial charge in [0.2, 0.25) is 0 Å². The highest BCUT2D eigenvalue weighted by molar-refractivity contribution is 6.84.